The largest absolute Gasteiger partial charge is 0.492 e. The maximum absolute atomic E-state index is 11.8. The number of benzene rings is 1. The highest BCUT2D eigenvalue weighted by Crippen LogP contribution is 2.23. The Morgan fingerprint density at radius 2 is 1.95 bits per heavy atom. The Balaban J connectivity index is 2.73. The summed E-state index contributed by atoms with van der Waals surface area (Å²) in [5.74, 6) is -0.727. The number of nitrogens with one attached hydrogen (secondary N) is 2. The molecule has 0 aliphatic rings. The van der Waals surface area contributed by atoms with E-state index in [-0.39, 0.29) is 5.92 Å². The zero-order valence-electron chi connectivity index (χ0n) is 11.8. The third-order valence-electron chi connectivity index (χ3n) is 2.65. The molecule has 0 radical (unpaired) electrons. The summed E-state index contributed by atoms with van der Waals surface area (Å²) < 4.78 is 5.38. The van der Waals surface area contributed by atoms with Gasteiger partial charge in [-0.05, 0) is 25.0 Å². The number of carboxylic acid groups (broad SMARTS) is 1. The Labute approximate surface area is 118 Å². The number of carbonyl (C=O) groups is 2. The molecule has 1 atom stereocenters. The number of carboxylic acids is 1. The van der Waals surface area contributed by atoms with Crippen LogP contribution in [0.2, 0.25) is 0 Å². The third kappa shape index (κ3) is 4.46. The predicted molar refractivity (Wildman–Crippen MR) is 76.0 cm³/mol. The van der Waals surface area contributed by atoms with E-state index in [1.165, 1.54) is 0 Å². The molecule has 0 spiro atoms. The molecular weight excluding hydrogens is 260 g/mol. The standard InChI is InChI=1S/C14H20N2O4/c1-4-20-11-8-6-5-7-10(11)15-14(19)16-12(9(2)3)13(17)18/h5-9,12H,4H2,1-3H3,(H,17,18)(H2,15,16,19)/t12-/m1/s1. The van der Waals surface area contributed by atoms with E-state index < -0.39 is 18.0 Å². The van der Waals surface area contributed by atoms with E-state index in [0.717, 1.165) is 0 Å². The Kier molecular flexibility index (Phi) is 5.83. The molecule has 6 heteroatoms. The van der Waals surface area contributed by atoms with E-state index in [9.17, 15) is 9.59 Å². The van der Waals surface area contributed by atoms with Crippen molar-refractivity contribution in [2.75, 3.05) is 11.9 Å². The van der Waals surface area contributed by atoms with Gasteiger partial charge in [0.1, 0.15) is 11.8 Å². The van der Waals surface area contributed by atoms with Gasteiger partial charge in [-0.3, -0.25) is 0 Å². The van der Waals surface area contributed by atoms with Crippen LogP contribution in [0.5, 0.6) is 5.75 Å². The highest BCUT2D eigenvalue weighted by atomic mass is 16.5. The minimum absolute atomic E-state index is 0.208. The van der Waals surface area contributed by atoms with Crippen LogP contribution in [0.25, 0.3) is 0 Å². The van der Waals surface area contributed by atoms with Crippen LogP contribution in [0, 0.1) is 5.92 Å². The third-order valence-corrected chi connectivity index (χ3v) is 2.65. The van der Waals surface area contributed by atoms with Gasteiger partial charge in [0.05, 0.1) is 12.3 Å². The molecule has 20 heavy (non-hydrogen) atoms. The summed E-state index contributed by atoms with van der Waals surface area (Å²) in [5.41, 5.74) is 0.500. The Hall–Kier alpha value is -2.24. The van der Waals surface area contributed by atoms with Gasteiger partial charge in [-0.2, -0.15) is 0 Å². The van der Waals surface area contributed by atoms with Gasteiger partial charge in [0, 0.05) is 0 Å². The first kappa shape index (κ1) is 15.8. The van der Waals surface area contributed by atoms with E-state index in [0.29, 0.717) is 18.0 Å². The molecule has 0 aliphatic carbocycles. The molecule has 3 N–H and O–H groups in total. The summed E-state index contributed by atoms with van der Waals surface area (Å²) in [7, 11) is 0. The molecular formula is C14H20N2O4. The van der Waals surface area contributed by atoms with Crippen LogP contribution >= 0.6 is 0 Å². The number of aliphatic carboxylic acids is 1. The van der Waals surface area contributed by atoms with Crippen molar-refractivity contribution in [3.63, 3.8) is 0 Å². The van der Waals surface area contributed by atoms with Crippen LogP contribution in [-0.4, -0.2) is 29.8 Å². The number of hydrogen-bond acceptors (Lipinski definition) is 3. The number of amides is 2. The second kappa shape index (κ2) is 7.37. The monoisotopic (exact) mass is 280 g/mol. The van der Waals surface area contributed by atoms with E-state index in [1.807, 2.05) is 6.92 Å². The smallest absolute Gasteiger partial charge is 0.326 e. The van der Waals surface area contributed by atoms with Gasteiger partial charge in [-0.15, -0.1) is 0 Å². The first-order valence-corrected chi connectivity index (χ1v) is 6.47. The predicted octanol–water partition coefficient (Wildman–Crippen LogP) is 2.32. The van der Waals surface area contributed by atoms with Gasteiger partial charge in [-0.25, -0.2) is 9.59 Å². The number of hydrogen-bond donors (Lipinski definition) is 3. The molecule has 0 saturated heterocycles. The van der Waals surface area contributed by atoms with Crippen LogP contribution in [0.4, 0.5) is 10.5 Å². The summed E-state index contributed by atoms with van der Waals surface area (Å²) >= 11 is 0. The molecule has 0 heterocycles. The summed E-state index contributed by atoms with van der Waals surface area (Å²) in [5, 5.41) is 14.1. The van der Waals surface area contributed by atoms with Gasteiger partial charge in [0.2, 0.25) is 0 Å². The molecule has 0 fully saturated rings. The zero-order valence-corrected chi connectivity index (χ0v) is 11.8. The topological polar surface area (TPSA) is 87.7 Å². The fourth-order valence-electron chi connectivity index (χ4n) is 1.66. The van der Waals surface area contributed by atoms with Gasteiger partial charge in [0.15, 0.2) is 0 Å². The van der Waals surface area contributed by atoms with Crippen LogP contribution in [-0.2, 0) is 4.79 Å². The molecule has 110 valence electrons. The van der Waals surface area contributed by atoms with Gasteiger partial charge >= 0.3 is 12.0 Å². The van der Waals surface area contributed by atoms with Gasteiger partial charge in [-0.1, -0.05) is 26.0 Å². The second-order valence-electron chi connectivity index (χ2n) is 4.59. The Morgan fingerprint density at radius 3 is 2.50 bits per heavy atom. The fraction of sp³-hybridized carbons (Fsp3) is 0.429. The van der Waals surface area contributed by atoms with Crippen molar-refractivity contribution >= 4 is 17.7 Å². The quantitative estimate of drug-likeness (QED) is 0.746. The number of carbonyl (C=O) groups excluding carboxylic acids is 1. The SMILES string of the molecule is CCOc1ccccc1NC(=O)N[C@@H](C(=O)O)C(C)C. The highest BCUT2D eigenvalue weighted by molar-refractivity contribution is 5.93. The molecule has 0 bridgehead atoms. The minimum Gasteiger partial charge on any atom is -0.492 e. The molecule has 0 aromatic heterocycles. The van der Waals surface area contributed by atoms with E-state index >= 15 is 0 Å². The summed E-state index contributed by atoms with van der Waals surface area (Å²) in [6, 6.07) is 5.47. The Bertz CT molecular complexity index is 474. The van der Waals surface area contributed by atoms with Crippen LogP contribution < -0.4 is 15.4 Å². The number of para-hydroxylation sites is 2. The summed E-state index contributed by atoms with van der Waals surface area (Å²) in [4.78, 5) is 22.9. The van der Waals surface area contributed by atoms with Gasteiger partial charge in [0.25, 0.3) is 0 Å². The lowest BCUT2D eigenvalue weighted by Gasteiger charge is -2.19. The van der Waals surface area contributed by atoms with E-state index in [4.69, 9.17) is 9.84 Å². The molecule has 1 aromatic rings. The molecule has 0 aliphatic heterocycles. The van der Waals surface area contributed by atoms with Crippen molar-refractivity contribution in [1.82, 2.24) is 5.32 Å². The van der Waals surface area contributed by atoms with Crippen LogP contribution in [0.3, 0.4) is 0 Å². The van der Waals surface area contributed by atoms with Crippen molar-refractivity contribution < 1.29 is 19.4 Å². The summed E-state index contributed by atoms with van der Waals surface area (Å²) in [6.45, 7) is 5.78. The lowest BCUT2D eigenvalue weighted by molar-refractivity contribution is -0.140. The Morgan fingerprint density at radius 1 is 1.30 bits per heavy atom. The lowest BCUT2D eigenvalue weighted by atomic mass is 10.1. The van der Waals surface area contributed by atoms with Crippen molar-refractivity contribution in [3.05, 3.63) is 24.3 Å². The molecule has 0 saturated carbocycles. The number of rotatable bonds is 6. The number of urea groups is 1. The normalized spacial score (nSPS) is 11.8. The number of anilines is 1. The molecule has 0 unspecified atom stereocenters. The van der Waals surface area contributed by atoms with E-state index in [2.05, 4.69) is 10.6 Å². The fourth-order valence-corrected chi connectivity index (χ4v) is 1.66. The van der Waals surface area contributed by atoms with Crippen LogP contribution in [0.15, 0.2) is 24.3 Å². The minimum atomic E-state index is -1.06. The summed E-state index contributed by atoms with van der Waals surface area (Å²) in [6.07, 6.45) is 0. The van der Waals surface area contributed by atoms with Crippen molar-refractivity contribution in [2.24, 2.45) is 5.92 Å². The average Bonchev–Trinajstić information content (AvgIpc) is 2.38. The zero-order chi connectivity index (χ0) is 15.1. The first-order chi connectivity index (χ1) is 9.45. The van der Waals surface area contributed by atoms with Crippen LogP contribution in [0.1, 0.15) is 20.8 Å². The highest BCUT2D eigenvalue weighted by Gasteiger charge is 2.23. The molecule has 2 amide bonds. The van der Waals surface area contributed by atoms with Crippen molar-refractivity contribution in [3.8, 4) is 5.75 Å². The van der Waals surface area contributed by atoms with Gasteiger partial charge < -0.3 is 20.5 Å². The maximum Gasteiger partial charge on any atom is 0.326 e. The second-order valence-corrected chi connectivity index (χ2v) is 4.59. The van der Waals surface area contributed by atoms with E-state index in [1.54, 1.807) is 38.1 Å². The van der Waals surface area contributed by atoms with Crippen molar-refractivity contribution in [2.45, 2.75) is 26.8 Å². The van der Waals surface area contributed by atoms with Crippen molar-refractivity contribution in [1.29, 1.82) is 0 Å². The molecule has 1 aromatic carbocycles. The maximum atomic E-state index is 11.8. The first-order valence-electron chi connectivity index (χ1n) is 6.47. The average molecular weight is 280 g/mol. The lowest BCUT2D eigenvalue weighted by Crippen LogP contribution is -2.46. The molecule has 1 rings (SSSR count). The number of ether oxygens (including phenoxy) is 1. The molecule has 6 nitrogen and oxygen atoms in total.